The number of carbonyl (C=O) groups excluding carboxylic acids is 4. The SMILES string of the molecule is CCN1C(=O)c2c(nc(NC3CCCCC3)n2Cc2cc(C)c3c(c2)CCO3)N2C1=N[C@@H]1CCC[C@@H]12.CCN1C(=O)c2c(nc(NC3CCCCC3)n2Cc2cc(C)c3c(c2)CCO3)N2CCN=C12.CCN1C(=O)c2c(nc(NC3CCCCC3)n2Cc2ccc(S(C)(=O)=O)cc2)N2C1=N[C@@H]1CCC[C@@H]12.CCN1C(=O)c2c(nc(NC3CCOCC3)n2Cc2ccc(C)c(C)c2)N2CCN=C12. The summed E-state index contributed by atoms with van der Waals surface area (Å²) in [7, 11) is -3.27. The van der Waals surface area contributed by atoms with E-state index in [9.17, 15) is 27.6 Å². The molecule has 4 N–H and O–H groups in total. The summed E-state index contributed by atoms with van der Waals surface area (Å²) in [6, 6.07) is 24.8. The van der Waals surface area contributed by atoms with Crippen molar-refractivity contribution in [2.45, 2.75) is 295 Å². The highest BCUT2D eigenvalue weighted by atomic mass is 32.2. The van der Waals surface area contributed by atoms with Crippen LogP contribution in [0.15, 0.2) is 91.6 Å². The lowest BCUT2D eigenvalue weighted by atomic mass is 9.96. The van der Waals surface area contributed by atoms with Crippen LogP contribution in [-0.4, -0.2) is 247 Å². The van der Waals surface area contributed by atoms with E-state index in [4.69, 9.17) is 44.1 Å². The fourth-order valence-electron chi connectivity index (χ4n) is 23.6. The minimum Gasteiger partial charge on any atom is -0.493 e. The van der Waals surface area contributed by atoms with Crippen molar-refractivity contribution < 1.29 is 41.8 Å². The maximum Gasteiger partial charge on any atom is 0.281 e. The molecule has 0 unspecified atom stereocenters. The highest BCUT2D eigenvalue weighted by molar-refractivity contribution is 7.90. The summed E-state index contributed by atoms with van der Waals surface area (Å²) >= 11 is 0. The maximum absolute atomic E-state index is 14.0. The topological polar surface area (TPSA) is 325 Å². The number of hydrogen-bond donors (Lipinski definition) is 4. The van der Waals surface area contributed by atoms with Crippen molar-refractivity contribution in [2.24, 2.45) is 20.0 Å². The molecule has 34 heteroatoms. The third-order valence-electron chi connectivity index (χ3n) is 30.7. The summed E-state index contributed by atoms with van der Waals surface area (Å²) < 4.78 is 49.4. The average molecular weight is 1870 g/mol. The Morgan fingerprint density at radius 1 is 0.375 bits per heavy atom. The lowest BCUT2D eigenvalue weighted by Gasteiger charge is -2.35. The molecule has 5 aliphatic carbocycles. The molecule has 15 heterocycles. The van der Waals surface area contributed by atoms with Gasteiger partial charge >= 0.3 is 0 Å². The number of fused-ring (bicyclic) bond motifs is 18. The van der Waals surface area contributed by atoms with Crippen molar-refractivity contribution >= 4 is 104 Å². The van der Waals surface area contributed by atoms with Gasteiger partial charge in [0.2, 0.25) is 47.6 Å². The van der Waals surface area contributed by atoms with Crippen LogP contribution in [-0.2, 0) is 53.6 Å². The molecule has 0 spiro atoms. The van der Waals surface area contributed by atoms with E-state index >= 15 is 0 Å². The lowest BCUT2D eigenvalue weighted by molar-refractivity contribution is 0.0827. The van der Waals surface area contributed by atoms with Gasteiger partial charge in [-0.1, -0.05) is 112 Å². The second kappa shape index (κ2) is 37.9. The van der Waals surface area contributed by atoms with Gasteiger partial charge in [-0.3, -0.25) is 86.6 Å². The van der Waals surface area contributed by atoms with Gasteiger partial charge in [0.05, 0.1) is 81.5 Å². The Balaban J connectivity index is 0.000000109. The van der Waals surface area contributed by atoms with Crippen molar-refractivity contribution in [3.63, 3.8) is 0 Å². The number of anilines is 8. The number of nitrogens with one attached hydrogen (secondary N) is 4. The van der Waals surface area contributed by atoms with Crippen LogP contribution in [0.2, 0.25) is 0 Å². The highest BCUT2D eigenvalue weighted by Gasteiger charge is 2.53. The van der Waals surface area contributed by atoms with E-state index in [1.165, 1.54) is 109 Å². The van der Waals surface area contributed by atoms with Crippen LogP contribution >= 0.6 is 0 Å². The Morgan fingerprint density at radius 2 is 0.735 bits per heavy atom. The summed E-state index contributed by atoms with van der Waals surface area (Å²) in [5, 5.41) is 14.8. The van der Waals surface area contributed by atoms with Crippen LogP contribution in [0.1, 0.15) is 273 Å². The molecule has 4 amide bonds. The fourth-order valence-corrected chi connectivity index (χ4v) is 24.3. The van der Waals surface area contributed by atoms with Gasteiger partial charge in [-0.15, -0.1) is 0 Å². The second-order valence-corrected chi connectivity index (χ2v) is 41.7. The lowest BCUT2D eigenvalue weighted by Crippen LogP contribution is -2.53. The number of imidazole rings is 4. The van der Waals surface area contributed by atoms with Crippen molar-refractivity contribution in [1.82, 2.24) is 57.8 Å². The molecule has 33 nitrogen and oxygen atoms in total. The number of guanidine groups is 4. The van der Waals surface area contributed by atoms with Gasteiger partial charge in [-0.2, -0.15) is 19.9 Å². The number of amides is 4. The van der Waals surface area contributed by atoms with Gasteiger partial charge < -0.3 is 35.5 Å². The Kier molecular flexibility index (Phi) is 25.3. The Morgan fingerprint density at radius 3 is 1.13 bits per heavy atom. The van der Waals surface area contributed by atoms with Gasteiger partial charge in [0.15, 0.2) is 55.9 Å². The number of carbonyl (C=O) groups is 4. The number of sulfone groups is 1. The van der Waals surface area contributed by atoms with Crippen molar-refractivity contribution in [3.8, 4) is 11.5 Å². The van der Waals surface area contributed by atoms with Gasteiger partial charge in [0, 0.05) is 95.7 Å². The van der Waals surface area contributed by atoms with E-state index in [0.717, 1.165) is 223 Å². The summed E-state index contributed by atoms with van der Waals surface area (Å²) in [6.45, 7) is 27.0. The largest absolute Gasteiger partial charge is 0.493 e. The molecule has 4 aromatic carbocycles. The molecule has 11 aliphatic heterocycles. The number of ether oxygens (including phenoxy) is 3. The normalized spacial score (nSPS) is 22.0. The first-order valence-corrected chi connectivity index (χ1v) is 52.6. The van der Waals surface area contributed by atoms with Crippen LogP contribution in [0, 0.1) is 27.7 Å². The molecular weight excluding hydrogens is 1740 g/mol. The summed E-state index contributed by atoms with van der Waals surface area (Å²) in [5.41, 5.74) is 14.4. The maximum atomic E-state index is 14.0. The molecule has 136 heavy (non-hydrogen) atoms. The third-order valence-corrected chi connectivity index (χ3v) is 31.8. The molecule has 0 bridgehead atoms. The van der Waals surface area contributed by atoms with E-state index in [-0.39, 0.29) is 46.6 Å². The zero-order chi connectivity index (χ0) is 93.5. The highest BCUT2D eigenvalue weighted by Crippen LogP contribution is 2.47. The monoisotopic (exact) mass is 1870 g/mol. The quantitative estimate of drug-likeness (QED) is 0.0519. The number of nitrogens with zero attached hydrogens (tertiary/aromatic N) is 20. The molecule has 1 saturated heterocycles. The Labute approximate surface area is 797 Å². The molecule has 5 saturated carbocycles. The van der Waals surface area contributed by atoms with Crippen LogP contribution in [0.3, 0.4) is 0 Å². The minimum absolute atomic E-state index is 0.00481. The third kappa shape index (κ3) is 17.0. The first kappa shape index (κ1) is 90.6. The molecule has 4 atom stereocenters. The number of aliphatic imine (C=N–C) groups is 4. The predicted octanol–water partition coefficient (Wildman–Crippen LogP) is 14.5. The predicted molar refractivity (Wildman–Crippen MR) is 529 cm³/mol. The Hall–Kier alpha value is -11.8. The molecular formula is C102H132N24O9S. The van der Waals surface area contributed by atoms with E-state index < -0.39 is 9.84 Å². The van der Waals surface area contributed by atoms with E-state index in [1.807, 2.05) is 49.3 Å². The van der Waals surface area contributed by atoms with Crippen molar-refractivity contribution in [2.75, 3.05) is 126 Å². The zero-order valence-electron chi connectivity index (χ0n) is 80.5. The van der Waals surface area contributed by atoms with Gasteiger partial charge in [-0.25, -0.2) is 18.4 Å². The average Bonchev–Trinajstić information content (AvgIpc) is 1.48. The van der Waals surface area contributed by atoms with Crippen molar-refractivity contribution in [3.05, 3.63) is 145 Å². The fraction of sp³-hybridized carbons (Fsp3) is 0.569. The molecule has 6 fully saturated rings. The summed E-state index contributed by atoms with van der Waals surface area (Å²) in [5.74, 6) is 11.1. The molecule has 0 radical (unpaired) electrons. The minimum atomic E-state index is -3.27. The first-order chi connectivity index (χ1) is 66.2. The van der Waals surface area contributed by atoms with Crippen LogP contribution in [0.5, 0.6) is 11.5 Å². The molecule has 16 aliphatic rings. The van der Waals surface area contributed by atoms with Crippen LogP contribution < -0.4 is 50.3 Å². The number of benzene rings is 4. The molecule has 8 aromatic rings. The summed E-state index contributed by atoms with van der Waals surface area (Å²) in [6.07, 6.45) is 29.6. The molecule has 720 valence electrons. The number of rotatable bonds is 21. The van der Waals surface area contributed by atoms with Crippen molar-refractivity contribution in [1.29, 1.82) is 0 Å². The number of aryl methyl sites for hydroxylation is 4. The number of aromatic nitrogens is 8. The van der Waals surface area contributed by atoms with Crippen LogP contribution in [0.25, 0.3) is 0 Å². The molecule has 24 rings (SSSR count). The van der Waals surface area contributed by atoms with E-state index in [0.29, 0.717) is 130 Å². The second-order valence-electron chi connectivity index (χ2n) is 39.7. The van der Waals surface area contributed by atoms with Gasteiger partial charge in [0.25, 0.3) is 23.6 Å². The first-order valence-electron chi connectivity index (χ1n) is 50.7. The van der Waals surface area contributed by atoms with E-state index in [1.54, 1.807) is 26.8 Å². The summed E-state index contributed by atoms with van der Waals surface area (Å²) in [4.78, 5) is 111. The Bertz CT molecular complexity index is 6200. The van der Waals surface area contributed by atoms with Gasteiger partial charge in [0.1, 0.15) is 11.5 Å². The van der Waals surface area contributed by atoms with Gasteiger partial charge in [-0.05, 0) is 213 Å². The number of hydrogen-bond acceptors (Lipinski definition) is 25. The standard InChI is InChI=1S/C28H36N6O2.C26H34N6O3S.C25H32N6O2.C23H30N6O2/c1-3-32-26(35)23-25(34-22-11-7-10-21(22)30-28(32)34)31-27(29-20-8-5-4-6-9-20)33(23)16-18-14-17(2)24-19(15-18)12-13-36-24;1-3-30-24(33)22-23(32-21-11-7-10-20(21)28-26(30)32)29-25(27-18-8-5-4-6-9-18)31(22)16-17-12-14-19(15-13-17)36(2,34)35;1-3-29-23(32)20-22(30-11-10-26-25(29)30)28-24(27-19-7-5-4-6-8-19)31(20)15-17-13-16(2)21-18(14-17)9-12-33-21;1-4-27-21(30)19-20(28-10-9-24-23(27)28)26-22(25-18-7-11-31-12-8-18)29(19)14-17-6-5-15(2)16(3)13-17/h14-15,20-22H,3-13,16H2,1-2H3,(H,29,31);12-15,18,20-21H,3-11,16H2,1-2H3,(H,27,29);13-14,19H,3-12,15H2,1-2H3,(H,27,28);5-6,13,18H,4,7-12,14H2,1-3H3,(H,25,26)/t21-,22+;20-,21+;;/m11../s1. The zero-order valence-corrected chi connectivity index (χ0v) is 81.3. The molecule has 4 aromatic heterocycles. The smallest absolute Gasteiger partial charge is 0.281 e. The van der Waals surface area contributed by atoms with E-state index in [2.05, 4.69) is 135 Å². The van der Waals surface area contributed by atoms with Crippen LogP contribution in [0.4, 0.5) is 47.1 Å².